The molecule has 0 spiro atoms. The van der Waals surface area contributed by atoms with E-state index in [1.807, 2.05) is 18.2 Å². The Morgan fingerprint density at radius 2 is 2.11 bits per heavy atom. The van der Waals surface area contributed by atoms with E-state index in [4.69, 9.17) is 15.2 Å². The lowest BCUT2D eigenvalue weighted by molar-refractivity contribution is -0.118. The highest BCUT2D eigenvalue weighted by Crippen LogP contribution is 2.34. The van der Waals surface area contributed by atoms with Gasteiger partial charge in [0.15, 0.2) is 6.61 Å². The van der Waals surface area contributed by atoms with Crippen LogP contribution in [0.4, 0.5) is 5.69 Å². The summed E-state index contributed by atoms with van der Waals surface area (Å²) in [6.07, 6.45) is 1.97. The predicted octanol–water partition coefficient (Wildman–Crippen LogP) is 1.44. The molecule has 1 saturated heterocycles. The van der Waals surface area contributed by atoms with Gasteiger partial charge in [0.25, 0.3) is 5.91 Å². The van der Waals surface area contributed by atoms with E-state index in [2.05, 4.69) is 5.32 Å². The molecule has 2 heterocycles. The van der Waals surface area contributed by atoms with Crippen molar-refractivity contribution >= 4 is 11.6 Å². The Balaban J connectivity index is 1.80. The first-order chi connectivity index (χ1) is 9.24. The topological polar surface area (TPSA) is 73.6 Å². The number of hydrogen-bond acceptors (Lipinski definition) is 4. The SMILES string of the molecule is NC(c1ccc2c(c1)NC(=O)CO2)C1CCOCC1. The molecule has 1 fully saturated rings. The molecule has 1 amide bonds. The summed E-state index contributed by atoms with van der Waals surface area (Å²) in [6, 6.07) is 5.76. The smallest absolute Gasteiger partial charge is 0.262 e. The standard InChI is InChI=1S/C14H18N2O3/c15-14(9-3-5-18-6-4-9)10-1-2-12-11(7-10)16-13(17)8-19-12/h1-2,7,9,14H,3-6,8,15H2,(H,16,17). The second kappa shape index (κ2) is 5.19. The third kappa shape index (κ3) is 2.57. The number of hydrogen-bond donors (Lipinski definition) is 2. The summed E-state index contributed by atoms with van der Waals surface area (Å²) >= 11 is 0. The number of nitrogens with one attached hydrogen (secondary N) is 1. The van der Waals surface area contributed by atoms with Gasteiger partial charge >= 0.3 is 0 Å². The maximum atomic E-state index is 11.3. The second-order valence-corrected chi connectivity index (χ2v) is 5.07. The summed E-state index contributed by atoms with van der Waals surface area (Å²) in [5, 5.41) is 2.81. The molecule has 3 rings (SSSR count). The van der Waals surface area contributed by atoms with Crippen molar-refractivity contribution < 1.29 is 14.3 Å². The normalized spacial score (nSPS) is 21.2. The molecule has 0 aliphatic carbocycles. The van der Waals surface area contributed by atoms with Gasteiger partial charge in [-0.25, -0.2) is 0 Å². The van der Waals surface area contributed by atoms with E-state index in [1.54, 1.807) is 0 Å². The van der Waals surface area contributed by atoms with Crippen LogP contribution < -0.4 is 15.8 Å². The lowest BCUT2D eigenvalue weighted by atomic mass is 9.87. The number of amides is 1. The third-order valence-corrected chi connectivity index (χ3v) is 3.80. The molecule has 0 saturated carbocycles. The zero-order valence-electron chi connectivity index (χ0n) is 10.7. The highest BCUT2D eigenvalue weighted by molar-refractivity contribution is 5.95. The van der Waals surface area contributed by atoms with E-state index < -0.39 is 0 Å². The van der Waals surface area contributed by atoms with Gasteiger partial charge < -0.3 is 20.5 Å². The monoisotopic (exact) mass is 262 g/mol. The van der Waals surface area contributed by atoms with E-state index in [0.717, 1.165) is 37.3 Å². The van der Waals surface area contributed by atoms with Crippen molar-refractivity contribution in [1.82, 2.24) is 0 Å². The Hall–Kier alpha value is -1.59. The van der Waals surface area contributed by atoms with Gasteiger partial charge in [0.05, 0.1) is 5.69 Å². The Kier molecular flexibility index (Phi) is 3.40. The van der Waals surface area contributed by atoms with Crippen molar-refractivity contribution in [2.45, 2.75) is 18.9 Å². The first-order valence-electron chi connectivity index (χ1n) is 6.64. The van der Waals surface area contributed by atoms with E-state index >= 15 is 0 Å². The Morgan fingerprint density at radius 3 is 2.89 bits per heavy atom. The third-order valence-electron chi connectivity index (χ3n) is 3.80. The number of anilines is 1. The number of benzene rings is 1. The van der Waals surface area contributed by atoms with Crippen LogP contribution in [0, 0.1) is 5.92 Å². The molecule has 3 N–H and O–H groups in total. The molecule has 1 atom stereocenters. The average molecular weight is 262 g/mol. The highest BCUT2D eigenvalue weighted by atomic mass is 16.5. The van der Waals surface area contributed by atoms with Crippen LogP contribution in [0.5, 0.6) is 5.75 Å². The van der Waals surface area contributed by atoms with Crippen LogP contribution in [-0.2, 0) is 9.53 Å². The summed E-state index contributed by atoms with van der Waals surface area (Å²) in [7, 11) is 0. The molecule has 0 aromatic heterocycles. The number of ether oxygens (including phenoxy) is 2. The van der Waals surface area contributed by atoms with Crippen molar-refractivity contribution in [2.24, 2.45) is 11.7 Å². The molecule has 1 unspecified atom stereocenters. The lowest BCUT2D eigenvalue weighted by Crippen LogP contribution is -2.28. The van der Waals surface area contributed by atoms with Crippen molar-refractivity contribution in [3.8, 4) is 5.75 Å². The molecule has 5 heteroatoms. The highest BCUT2D eigenvalue weighted by Gasteiger charge is 2.24. The average Bonchev–Trinajstić information content (AvgIpc) is 2.46. The molecule has 2 aliphatic rings. The molecular weight excluding hydrogens is 244 g/mol. The van der Waals surface area contributed by atoms with Gasteiger partial charge in [-0.3, -0.25) is 4.79 Å². The zero-order chi connectivity index (χ0) is 13.2. The molecule has 102 valence electrons. The van der Waals surface area contributed by atoms with Crippen molar-refractivity contribution in [3.05, 3.63) is 23.8 Å². The van der Waals surface area contributed by atoms with Crippen molar-refractivity contribution in [2.75, 3.05) is 25.1 Å². The van der Waals surface area contributed by atoms with Crippen LogP contribution in [0.1, 0.15) is 24.4 Å². The van der Waals surface area contributed by atoms with E-state index in [1.165, 1.54) is 0 Å². The van der Waals surface area contributed by atoms with Crippen LogP contribution in [0.2, 0.25) is 0 Å². The van der Waals surface area contributed by atoms with Gasteiger partial charge in [-0.1, -0.05) is 6.07 Å². The lowest BCUT2D eigenvalue weighted by Gasteiger charge is -2.28. The quantitative estimate of drug-likeness (QED) is 0.846. The zero-order valence-corrected chi connectivity index (χ0v) is 10.7. The fourth-order valence-corrected chi connectivity index (χ4v) is 2.66. The molecule has 1 aromatic carbocycles. The van der Waals surface area contributed by atoms with Crippen LogP contribution >= 0.6 is 0 Å². The summed E-state index contributed by atoms with van der Waals surface area (Å²) in [5.74, 6) is 1.03. The second-order valence-electron chi connectivity index (χ2n) is 5.07. The number of nitrogens with two attached hydrogens (primary N) is 1. The molecule has 1 aromatic rings. The summed E-state index contributed by atoms with van der Waals surface area (Å²) in [5.41, 5.74) is 8.09. The van der Waals surface area contributed by atoms with Gasteiger partial charge in [-0.15, -0.1) is 0 Å². The molecular formula is C14H18N2O3. The van der Waals surface area contributed by atoms with Gasteiger partial charge in [-0.2, -0.15) is 0 Å². The first-order valence-corrected chi connectivity index (χ1v) is 6.64. The van der Waals surface area contributed by atoms with E-state index in [-0.39, 0.29) is 18.6 Å². The van der Waals surface area contributed by atoms with Crippen molar-refractivity contribution in [3.63, 3.8) is 0 Å². The first kappa shape index (κ1) is 12.4. The van der Waals surface area contributed by atoms with Crippen LogP contribution in [0.25, 0.3) is 0 Å². The van der Waals surface area contributed by atoms with E-state index in [0.29, 0.717) is 11.7 Å². The molecule has 0 radical (unpaired) electrons. The summed E-state index contributed by atoms with van der Waals surface area (Å²) < 4.78 is 10.7. The van der Waals surface area contributed by atoms with Crippen LogP contribution in [0.15, 0.2) is 18.2 Å². The maximum Gasteiger partial charge on any atom is 0.262 e. The van der Waals surface area contributed by atoms with Gasteiger partial charge in [0.1, 0.15) is 5.75 Å². The minimum absolute atomic E-state index is 0.0203. The minimum atomic E-state index is -0.121. The number of fused-ring (bicyclic) bond motifs is 1. The van der Waals surface area contributed by atoms with Gasteiger partial charge in [0, 0.05) is 19.3 Å². The number of carbonyl (C=O) groups is 1. The number of carbonyl (C=O) groups excluding carboxylic acids is 1. The maximum absolute atomic E-state index is 11.3. The molecule has 2 aliphatic heterocycles. The van der Waals surface area contributed by atoms with E-state index in [9.17, 15) is 4.79 Å². The van der Waals surface area contributed by atoms with Crippen LogP contribution in [-0.4, -0.2) is 25.7 Å². The molecule has 5 nitrogen and oxygen atoms in total. The Morgan fingerprint density at radius 1 is 1.32 bits per heavy atom. The fourth-order valence-electron chi connectivity index (χ4n) is 2.66. The molecule has 0 bridgehead atoms. The minimum Gasteiger partial charge on any atom is -0.482 e. The van der Waals surface area contributed by atoms with Crippen LogP contribution in [0.3, 0.4) is 0 Å². The van der Waals surface area contributed by atoms with Gasteiger partial charge in [0.2, 0.25) is 0 Å². The Labute approximate surface area is 112 Å². The Bertz CT molecular complexity index is 484. The fraction of sp³-hybridized carbons (Fsp3) is 0.500. The van der Waals surface area contributed by atoms with Gasteiger partial charge in [-0.05, 0) is 36.5 Å². The largest absolute Gasteiger partial charge is 0.482 e. The number of rotatable bonds is 2. The predicted molar refractivity (Wildman–Crippen MR) is 71.0 cm³/mol. The summed E-state index contributed by atoms with van der Waals surface area (Å²) in [4.78, 5) is 11.3. The summed E-state index contributed by atoms with van der Waals surface area (Å²) in [6.45, 7) is 1.64. The van der Waals surface area contributed by atoms with Crippen molar-refractivity contribution in [1.29, 1.82) is 0 Å². The molecule has 19 heavy (non-hydrogen) atoms.